The zero-order valence-corrected chi connectivity index (χ0v) is 7.52. The maximum Gasteiger partial charge on any atom is 0.292 e. The van der Waals surface area contributed by atoms with E-state index in [2.05, 4.69) is 4.99 Å². The number of dihydropyridines is 1. The molecule has 1 aliphatic rings. The van der Waals surface area contributed by atoms with Crippen LogP contribution in [0.15, 0.2) is 16.3 Å². The molecule has 0 saturated carbocycles. The van der Waals surface area contributed by atoms with Crippen molar-refractivity contribution in [2.75, 3.05) is 0 Å². The number of hydrogen-bond donors (Lipinski definition) is 2. The van der Waals surface area contributed by atoms with Gasteiger partial charge in [0, 0.05) is 11.8 Å². The molecule has 0 aromatic heterocycles. The highest BCUT2D eigenvalue weighted by molar-refractivity contribution is 5.75. The van der Waals surface area contributed by atoms with E-state index in [1.807, 2.05) is 0 Å². The van der Waals surface area contributed by atoms with E-state index >= 15 is 0 Å². The van der Waals surface area contributed by atoms with Crippen molar-refractivity contribution in [2.45, 2.75) is 25.6 Å². The summed E-state index contributed by atoms with van der Waals surface area (Å²) in [7, 11) is 0. The van der Waals surface area contributed by atoms with Gasteiger partial charge in [0.1, 0.15) is 6.17 Å². The van der Waals surface area contributed by atoms with E-state index in [4.69, 9.17) is 11.5 Å². The summed E-state index contributed by atoms with van der Waals surface area (Å²) in [5, 5.41) is 10.7. The van der Waals surface area contributed by atoms with E-state index in [0.29, 0.717) is 5.57 Å². The van der Waals surface area contributed by atoms with Gasteiger partial charge in [-0.05, 0) is 12.5 Å². The molecule has 2 unspecified atom stereocenters. The summed E-state index contributed by atoms with van der Waals surface area (Å²) < 4.78 is 0. The molecule has 13 heavy (non-hydrogen) atoms. The van der Waals surface area contributed by atoms with Gasteiger partial charge in [0.25, 0.3) is 5.54 Å². The van der Waals surface area contributed by atoms with Gasteiger partial charge in [-0.3, -0.25) is 15.1 Å². The molecular weight excluding hydrogens is 172 g/mol. The van der Waals surface area contributed by atoms with Crippen molar-refractivity contribution in [1.82, 2.24) is 0 Å². The van der Waals surface area contributed by atoms with Crippen molar-refractivity contribution in [3.05, 3.63) is 21.4 Å². The molecule has 2 atom stereocenters. The Bertz CT molecular complexity index is 310. The van der Waals surface area contributed by atoms with E-state index in [-0.39, 0.29) is 5.70 Å². The second-order valence-electron chi connectivity index (χ2n) is 3.22. The molecule has 0 aromatic rings. The van der Waals surface area contributed by atoms with E-state index in [0.717, 1.165) is 0 Å². The van der Waals surface area contributed by atoms with E-state index < -0.39 is 16.6 Å². The maximum absolute atomic E-state index is 10.7. The lowest BCUT2D eigenvalue weighted by Gasteiger charge is -2.24. The Hall–Kier alpha value is -1.43. The zero-order valence-electron chi connectivity index (χ0n) is 7.52. The summed E-state index contributed by atoms with van der Waals surface area (Å²) in [4.78, 5) is 14.0. The molecule has 0 fully saturated rings. The number of nitrogens with two attached hydrogens (primary N) is 2. The van der Waals surface area contributed by atoms with Crippen LogP contribution in [0, 0.1) is 10.1 Å². The maximum atomic E-state index is 10.7. The van der Waals surface area contributed by atoms with Gasteiger partial charge >= 0.3 is 0 Å². The second-order valence-corrected chi connectivity index (χ2v) is 3.22. The van der Waals surface area contributed by atoms with Crippen LogP contribution in [-0.2, 0) is 0 Å². The highest BCUT2D eigenvalue weighted by Crippen LogP contribution is 2.23. The Morgan fingerprint density at radius 1 is 1.77 bits per heavy atom. The fraction of sp³-hybridized carbons (Fsp3) is 0.571. The summed E-state index contributed by atoms with van der Waals surface area (Å²) in [6.45, 7) is 3.06. The lowest BCUT2D eigenvalue weighted by atomic mass is 9.93. The molecular formula is C7H12N4O2. The summed E-state index contributed by atoms with van der Waals surface area (Å²) >= 11 is 0. The molecule has 0 aliphatic carbocycles. The number of nitrogens with zero attached hydrogens (tertiary/aromatic N) is 2. The summed E-state index contributed by atoms with van der Waals surface area (Å²) in [6, 6.07) is 0. The normalized spacial score (nSPS) is 33.6. The van der Waals surface area contributed by atoms with Crippen LogP contribution >= 0.6 is 0 Å². The van der Waals surface area contributed by atoms with Crippen molar-refractivity contribution in [3.8, 4) is 0 Å². The SMILES string of the molecule is CC1=C(N)C(C)([N+](=O)[O-])C=NC1N. The van der Waals surface area contributed by atoms with Crippen LogP contribution in [0.1, 0.15) is 13.8 Å². The molecule has 0 aromatic carbocycles. The van der Waals surface area contributed by atoms with Gasteiger partial charge < -0.3 is 11.5 Å². The van der Waals surface area contributed by atoms with Gasteiger partial charge in [-0.1, -0.05) is 0 Å². The van der Waals surface area contributed by atoms with Gasteiger partial charge in [0.2, 0.25) is 0 Å². The van der Waals surface area contributed by atoms with Gasteiger partial charge in [-0.25, -0.2) is 0 Å². The first kappa shape index (κ1) is 9.66. The molecule has 0 bridgehead atoms. The Morgan fingerprint density at radius 3 is 2.77 bits per heavy atom. The zero-order chi connectivity index (χ0) is 10.2. The summed E-state index contributed by atoms with van der Waals surface area (Å²) in [5.41, 5.74) is 10.5. The van der Waals surface area contributed by atoms with Gasteiger partial charge in [-0.15, -0.1) is 0 Å². The number of hydrogen-bond acceptors (Lipinski definition) is 5. The topological polar surface area (TPSA) is 108 Å². The number of rotatable bonds is 1. The number of nitro groups is 1. The predicted octanol–water partition coefficient (Wildman–Crippen LogP) is -0.376. The third kappa shape index (κ3) is 1.29. The second kappa shape index (κ2) is 2.81. The minimum atomic E-state index is -1.40. The van der Waals surface area contributed by atoms with Crippen molar-refractivity contribution >= 4 is 6.21 Å². The fourth-order valence-electron chi connectivity index (χ4n) is 1.11. The van der Waals surface area contributed by atoms with E-state index in [1.54, 1.807) is 6.92 Å². The van der Waals surface area contributed by atoms with Crippen molar-refractivity contribution < 1.29 is 4.92 Å². The average Bonchev–Trinajstić information content (AvgIpc) is 2.08. The van der Waals surface area contributed by atoms with Crippen molar-refractivity contribution in [1.29, 1.82) is 0 Å². The highest BCUT2D eigenvalue weighted by atomic mass is 16.6. The lowest BCUT2D eigenvalue weighted by molar-refractivity contribution is -0.530. The van der Waals surface area contributed by atoms with E-state index in [9.17, 15) is 10.1 Å². The minimum Gasteiger partial charge on any atom is -0.396 e. The summed E-state index contributed by atoms with van der Waals surface area (Å²) in [5.74, 6) is 0. The van der Waals surface area contributed by atoms with Crippen LogP contribution in [0.25, 0.3) is 0 Å². The Labute approximate surface area is 75.5 Å². The minimum absolute atomic E-state index is 0.181. The van der Waals surface area contributed by atoms with Crippen LogP contribution in [-0.4, -0.2) is 22.8 Å². The predicted molar refractivity (Wildman–Crippen MR) is 48.8 cm³/mol. The van der Waals surface area contributed by atoms with Crippen LogP contribution in [0.2, 0.25) is 0 Å². The van der Waals surface area contributed by atoms with Crippen molar-refractivity contribution in [2.24, 2.45) is 16.5 Å². The molecule has 1 heterocycles. The molecule has 1 aliphatic heterocycles. The molecule has 4 N–H and O–H groups in total. The lowest BCUT2D eigenvalue weighted by Crippen LogP contribution is -2.47. The summed E-state index contributed by atoms with van der Waals surface area (Å²) in [6.07, 6.45) is 0.646. The Morgan fingerprint density at radius 2 is 2.31 bits per heavy atom. The third-order valence-corrected chi connectivity index (χ3v) is 2.28. The quantitative estimate of drug-likeness (QED) is 0.428. The first-order chi connectivity index (χ1) is 5.89. The Kier molecular flexibility index (Phi) is 2.09. The van der Waals surface area contributed by atoms with Crippen LogP contribution < -0.4 is 11.5 Å². The molecule has 72 valence electrons. The molecule has 0 saturated heterocycles. The standard InChI is InChI=1S/C7H12N4O2/c1-4-5(8)7(2,11(12)13)3-10-6(4)9/h3,6H,8-9H2,1-2H3. The third-order valence-electron chi connectivity index (χ3n) is 2.28. The number of aliphatic imine (C=N–C) groups is 1. The monoisotopic (exact) mass is 184 g/mol. The average molecular weight is 184 g/mol. The molecule has 0 spiro atoms. The molecule has 1 rings (SSSR count). The fourth-order valence-corrected chi connectivity index (χ4v) is 1.11. The molecule has 6 heteroatoms. The highest BCUT2D eigenvalue weighted by Gasteiger charge is 2.42. The van der Waals surface area contributed by atoms with Crippen LogP contribution in [0.4, 0.5) is 0 Å². The largest absolute Gasteiger partial charge is 0.396 e. The smallest absolute Gasteiger partial charge is 0.292 e. The van der Waals surface area contributed by atoms with Gasteiger partial charge in [0.05, 0.1) is 11.9 Å². The van der Waals surface area contributed by atoms with Crippen LogP contribution in [0.5, 0.6) is 0 Å². The molecule has 6 nitrogen and oxygen atoms in total. The first-order valence-corrected chi connectivity index (χ1v) is 3.80. The van der Waals surface area contributed by atoms with Crippen LogP contribution in [0.3, 0.4) is 0 Å². The van der Waals surface area contributed by atoms with Gasteiger partial charge in [-0.2, -0.15) is 0 Å². The first-order valence-electron chi connectivity index (χ1n) is 3.80. The molecule has 0 radical (unpaired) electrons. The van der Waals surface area contributed by atoms with E-state index in [1.165, 1.54) is 13.1 Å². The Balaban J connectivity index is 3.18. The van der Waals surface area contributed by atoms with Crippen molar-refractivity contribution in [3.63, 3.8) is 0 Å². The molecule has 0 amide bonds. The van der Waals surface area contributed by atoms with Gasteiger partial charge in [0.15, 0.2) is 0 Å².